The van der Waals surface area contributed by atoms with Gasteiger partial charge in [0.25, 0.3) is 0 Å². The molecule has 1 heterocycles. The van der Waals surface area contributed by atoms with Crippen LogP contribution in [0.15, 0.2) is 36.5 Å². The van der Waals surface area contributed by atoms with Crippen molar-refractivity contribution in [3.63, 3.8) is 0 Å². The van der Waals surface area contributed by atoms with Crippen LogP contribution in [0, 0.1) is 5.92 Å². The maximum Gasteiger partial charge on any atom is -0.00462 e. The highest BCUT2D eigenvalue weighted by Crippen LogP contribution is 2.20. The van der Waals surface area contributed by atoms with E-state index in [0.717, 1.165) is 12.3 Å². The first-order chi connectivity index (χ1) is 6.83. The third-order valence-corrected chi connectivity index (χ3v) is 2.65. The van der Waals surface area contributed by atoms with Crippen molar-refractivity contribution in [3.8, 4) is 0 Å². The Morgan fingerprint density at radius 2 is 2.07 bits per heavy atom. The van der Waals surface area contributed by atoms with Crippen LogP contribution in [-0.2, 0) is 0 Å². The molecule has 1 fully saturated rings. The molecule has 1 aliphatic rings. The van der Waals surface area contributed by atoms with E-state index >= 15 is 0 Å². The van der Waals surface area contributed by atoms with E-state index in [2.05, 4.69) is 24.0 Å². The van der Waals surface area contributed by atoms with Crippen molar-refractivity contribution in [2.45, 2.75) is 26.2 Å². The molecule has 0 saturated carbocycles. The minimum atomic E-state index is 0.846. The van der Waals surface area contributed by atoms with Gasteiger partial charge < -0.3 is 5.32 Å². The SMILES string of the molecule is C=C(/C=C\C=C/C)CC1CCNCC1. The molecule has 1 heteroatoms. The maximum atomic E-state index is 4.08. The first kappa shape index (κ1) is 11.3. The largest absolute Gasteiger partial charge is 0.317 e. The topological polar surface area (TPSA) is 12.0 Å². The molecule has 0 aromatic carbocycles. The first-order valence-corrected chi connectivity index (χ1v) is 5.50. The zero-order chi connectivity index (χ0) is 10.2. The Hall–Kier alpha value is -0.820. The smallest absolute Gasteiger partial charge is 0.00462 e. The average molecular weight is 191 g/mol. The molecule has 78 valence electrons. The Labute approximate surface area is 87.6 Å². The standard InChI is InChI=1S/C13H21N/c1-3-4-5-6-12(2)11-13-7-9-14-10-8-13/h3-6,13-14H,2,7-11H2,1H3/b4-3-,6-5-. The molecular weight excluding hydrogens is 170 g/mol. The molecule has 0 aromatic heterocycles. The molecule has 0 atom stereocenters. The molecule has 0 aromatic rings. The van der Waals surface area contributed by atoms with Gasteiger partial charge in [-0.05, 0) is 45.2 Å². The summed E-state index contributed by atoms with van der Waals surface area (Å²) >= 11 is 0. The number of nitrogens with one attached hydrogen (secondary N) is 1. The summed E-state index contributed by atoms with van der Waals surface area (Å²) < 4.78 is 0. The van der Waals surface area contributed by atoms with Crippen molar-refractivity contribution < 1.29 is 0 Å². The third kappa shape index (κ3) is 4.43. The third-order valence-electron chi connectivity index (χ3n) is 2.65. The lowest BCUT2D eigenvalue weighted by Gasteiger charge is -2.22. The van der Waals surface area contributed by atoms with Crippen molar-refractivity contribution in [3.05, 3.63) is 36.5 Å². The normalized spacial score (nSPS) is 19.5. The number of rotatable bonds is 4. The lowest BCUT2D eigenvalue weighted by Crippen LogP contribution is -2.27. The van der Waals surface area contributed by atoms with Crippen LogP contribution in [0.25, 0.3) is 0 Å². The van der Waals surface area contributed by atoms with E-state index in [4.69, 9.17) is 0 Å². The average Bonchev–Trinajstić information content (AvgIpc) is 2.20. The van der Waals surface area contributed by atoms with Crippen molar-refractivity contribution in [1.29, 1.82) is 0 Å². The van der Waals surface area contributed by atoms with Crippen LogP contribution in [0.3, 0.4) is 0 Å². The van der Waals surface area contributed by atoms with Crippen LogP contribution in [0.1, 0.15) is 26.2 Å². The zero-order valence-corrected chi connectivity index (χ0v) is 9.13. The predicted molar refractivity (Wildman–Crippen MR) is 63.3 cm³/mol. The summed E-state index contributed by atoms with van der Waals surface area (Å²) in [6.07, 6.45) is 12.1. The second-order valence-electron chi connectivity index (χ2n) is 3.94. The molecular formula is C13H21N. The summed E-state index contributed by atoms with van der Waals surface area (Å²) in [5.74, 6) is 0.846. The predicted octanol–water partition coefficient (Wildman–Crippen LogP) is 3.06. The van der Waals surface area contributed by atoms with E-state index in [1.54, 1.807) is 0 Å². The van der Waals surface area contributed by atoms with Gasteiger partial charge in [-0.25, -0.2) is 0 Å². The lowest BCUT2D eigenvalue weighted by atomic mass is 9.91. The van der Waals surface area contributed by atoms with Gasteiger partial charge >= 0.3 is 0 Å². The second kappa shape index (κ2) is 6.61. The molecule has 0 radical (unpaired) electrons. The van der Waals surface area contributed by atoms with Gasteiger partial charge in [0.1, 0.15) is 0 Å². The van der Waals surface area contributed by atoms with Gasteiger partial charge in [0, 0.05) is 0 Å². The summed E-state index contributed by atoms with van der Waals surface area (Å²) in [6, 6.07) is 0. The number of hydrogen-bond acceptors (Lipinski definition) is 1. The first-order valence-electron chi connectivity index (χ1n) is 5.50. The van der Waals surface area contributed by atoms with Crippen molar-refractivity contribution in [2.75, 3.05) is 13.1 Å². The van der Waals surface area contributed by atoms with Crippen LogP contribution in [0.5, 0.6) is 0 Å². The van der Waals surface area contributed by atoms with Gasteiger partial charge in [0.05, 0.1) is 0 Å². The van der Waals surface area contributed by atoms with E-state index in [9.17, 15) is 0 Å². The highest BCUT2D eigenvalue weighted by molar-refractivity contribution is 5.19. The summed E-state index contributed by atoms with van der Waals surface area (Å²) in [4.78, 5) is 0. The summed E-state index contributed by atoms with van der Waals surface area (Å²) in [5.41, 5.74) is 1.26. The zero-order valence-electron chi connectivity index (χ0n) is 9.13. The molecule has 1 nitrogen and oxygen atoms in total. The van der Waals surface area contributed by atoms with Crippen molar-refractivity contribution in [2.24, 2.45) is 5.92 Å². The van der Waals surface area contributed by atoms with E-state index in [0.29, 0.717) is 0 Å². The van der Waals surface area contributed by atoms with Crippen molar-refractivity contribution in [1.82, 2.24) is 5.32 Å². The fraction of sp³-hybridized carbons (Fsp3) is 0.538. The van der Waals surface area contributed by atoms with Gasteiger partial charge in [0.15, 0.2) is 0 Å². The number of piperidine rings is 1. The second-order valence-corrected chi connectivity index (χ2v) is 3.94. The fourth-order valence-corrected chi connectivity index (χ4v) is 1.83. The molecule has 1 rings (SSSR count). The molecule has 0 spiro atoms. The van der Waals surface area contributed by atoms with Gasteiger partial charge in [0.2, 0.25) is 0 Å². The monoisotopic (exact) mass is 191 g/mol. The molecule has 0 aliphatic carbocycles. The Bertz CT molecular complexity index is 219. The van der Waals surface area contributed by atoms with Gasteiger partial charge in [-0.15, -0.1) is 0 Å². The highest BCUT2D eigenvalue weighted by Gasteiger charge is 2.12. The molecule has 0 amide bonds. The molecule has 14 heavy (non-hydrogen) atoms. The van der Waals surface area contributed by atoms with Gasteiger partial charge in [-0.3, -0.25) is 0 Å². The van der Waals surface area contributed by atoms with E-state index < -0.39 is 0 Å². The fourth-order valence-electron chi connectivity index (χ4n) is 1.83. The summed E-state index contributed by atoms with van der Waals surface area (Å²) in [5, 5.41) is 3.38. The van der Waals surface area contributed by atoms with Crippen LogP contribution in [-0.4, -0.2) is 13.1 Å². The molecule has 0 bridgehead atoms. The van der Waals surface area contributed by atoms with E-state index in [1.165, 1.54) is 31.5 Å². The van der Waals surface area contributed by atoms with Crippen LogP contribution in [0.2, 0.25) is 0 Å². The lowest BCUT2D eigenvalue weighted by molar-refractivity contribution is 0.374. The summed E-state index contributed by atoms with van der Waals surface area (Å²) in [6.45, 7) is 8.46. The van der Waals surface area contributed by atoms with Crippen LogP contribution in [0.4, 0.5) is 0 Å². The van der Waals surface area contributed by atoms with Crippen molar-refractivity contribution >= 4 is 0 Å². The highest BCUT2D eigenvalue weighted by atomic mass is 14.9. The molecule has 1 N–H and O–H groups in total. The Morgan fingerprint density at radius 3 is 2.71 bits per heavy atom. The Morgan fingerprint density at radius 1 is 1.36 bits per heavy atom. The minimum absolute atomic E-state index is 0.846. The van der Waals surface area contributed by atoms with Crippen LogP contribution >= 0.6 is 0 Å². The number of allylic oxidation sites excluding steroid dienone is 5. The molecule has 1 aliphatic heterocycles. The van der Waals surface area contributed by atoms with E-state index in [-0.39, 0.29) is 0 Å². The molecule has 0 unspecified atom stereocenters. The number of hydrogen-bond donors (Lipinski definition) is 1. The Balaban J connectivity index is 2.25. The van der Waals surface area contributed by atoms with Crippen LogP contribution < -0.4 is 5.32 Å². The summed E-state index contributed by atoms with van der Waals surface area (Å²) in [7, 11) is 0. The van der Waals surface area contributed by atoms with E-state index in [1.807, 2.05) is 19.1 Å². The minimum Gasteiger partial charge on any atom is -0.317 e. The van der Waals surface area contributed by atoms with Gasteiger partial charge in [-0.1, -0.05) is 36.5 Å². The quantitative estimate of drug-likeness (QED) is 0.673. The Kier molecular flexibility index (Phi) is 5.31. The maximum absolute atomic E-state index is 4.08. The molecule has 1 saturated heterocycles. The van der Waals surface area contributed by atoms with Gasteiger partial charge in [-0.2, -0.15) is 0 Å².